The Morgan fingerprint density at radius 3 is 2.24 bits per heavy atom. The van der Waals surface area contributed by atoms with Gasteiger partial charge in [0.2, 0.25) is 0 Å². The van der Waals surface area contributed by atoms with Crippen molar-refractivity contribution in [3.05, 3.63) is 29.8 Å². The summed E-state index contributed by atoms with van der Waals surface area (Å²) >= 11 is 0. The molecule has 0 saturated carbocycles. The fourth-order valence-electron chi connectivity index (χ4n) is 2.58. The van der Waals surface area contributed by atoms with Crippen LogP contribution < -0.4 is 4.90 Å². The van der Waals surface area contributed by atoms with E-state index < -0.39 is 0 Å². The average Bonchev–Trinajstić information content (AvgIpc) is 2.30. The van der Waals surface area contributed by atoms with Gasteiger partial charge in [0.25, 0.3) is 0 Å². The predicted octanol–water partition coefficient (Wildman–Crippen LogP) is 3.44. The summed E-state index contributed by atoms with van der Waals surface area (Å²) in [5.41, 5.74) is 3.30. The molecule has 0 spiro atoms. The molecule has 0 N–H and O–H groups in total. The number of anilines is 1. The van der Waals surface area contributed by atoms with Gasteiger partial charge in [0.1, 0.15) is 6.79 Å². The lowest BCUT2D eigenvalue weighted by atomic mass is 9.78. The maximum Gasteiger partial charge on any atom is 0.106 e. The lowest BCUT2D eigenvalue weighted by Gasteiger charge is -2.49. The summed E-state index contributed by atoms with van der Waals surface area (Å²) in [6, 6.07) is 8.87. The van der Waals surface area contributed by atoms with Crippen LogP contribution >= 0.6 is 0 Å². The molecule has 0 amide bonds. The van der Waals surface area contributed by atoms with E-state index in [1.807, 2.05) is 6.79 Å². The van der Waals surface area contributed by atoms with Crippen LogP contribution in [0.4, 0.5) is 5.69 Å². The molecule has 0 bridgehead atoms. The molecular weight excluding hydrogens is 210 g/mol. The van der Waals surface area contributed by atoms with Gasteiger partial charge in [-0.1, -0.05) is 38.0 Å². The normalized spacial score (nSPS) is 16.8. The van der Waals surface area contributed by atoms with Gasteiger partial charge in [0.15, 0.2) is 0 Å². The van der Waals surface area contributed by atoms with Gasteiger partial charge in [-0.05, 0) is 25.5 Å². The minimum absolute atomic E-state index is 0.569. The van der Waals surface area contributed by atoms with E-state index in [4.69, 9.17) is 4.79 Å². The SMILES string of the molecule is C=O.CCCC1(C)CN(c2ccc(C)cc2)C1. The van der Waals surface area contributed by atoms with Crippen LogP contribution in [0.1, 0.15) is 32.3 Å². The number of hydrogen-bond donors (Lipinski definition) is 0. The van der Waals surface area contributed by atoms with Gasteiger partial charge in [0.05, 0.1) is 0 Å². The second-order valence-corrected chi connectivity index (χ2v) is 5.25. The maximum absolute atomic E-state index is 8.00. The van der Waals surface area contributed by atoms with E-state index in [1.54, 1.807) is 0 Å². The van der Waals surface area contributed by atoms with Crippen LogP contribution in [0.3, 0.4) is 0 Å². The third kappa shape index (κ3) is 3.32. The highest BCUT2D eigenvalue weighted by molar-refractivity contribution is 5.50. The molecular formula is C15H23NO. The molecule has 1 aromatic rings. The average molecular weight is 233 g/mol. The quantitative estimate of drug-likeness (QED) is 0.797. The molecule has 1 aliphatic heterocycles. The summed E-state index contributed by atoms with van der Waals surface area (Å²) in [6.07, 6.45) is 2.66. The number of rotatable bonds is 3. The summed E-state index contributed by atoms with van der Waals surface area (Å²) in [4.78, 5) is 10.5. The number of carbonyl (C=O) groups excluding carboxylic acids is 1. The zero-order valence-corrected chi connectivity index (χ0v) is 11.2. The van der Waals surface area contributed by atoms with E-state index in [2.05, 4.69) is 49.9 Å². The molecule has 1 aromatic carbocycles. The summed E-state index contributed by atoms with van der Waals surface area (Å²) in [5, 5.41) is 0. The van der Waals surface area contributed by atoms with Gasteiger partial charge in [-0.3, -0.25) is 0 Å². The molecule has 1 fully saturated rings. The van der Waals surface area contributed by atoms with Crippen LogP contribution in [-0.4, -0.2) is 19.9 Å². The van der Waals surface area contributed by atoms with Gasteiger partial charge in [-0.2, -0.15) is 0 Å². The third-order valence-corrected chi connectivity index (χ3v) is 3.40. The van der Waals surface area contributed by atoms with E-state index in [1.165, 1.54) is 37.2 Å². The van der Waals surface area contributed by atoms with Crippen molar-refractivity contribution in [1.29, 1.82) is 0 Å². The van der Waals surface area contributed by atoms with Crippen molar-refractivity contribution >= 4 is 12.5 Å². The highest BCUT2D eigenvalue weighted by Gasteiger charge is 2.37. The zero-order valence-electron chi connectivity index (χ0n) is 11.2. The molecule has 1 heterocycles. The van der Waals surface area contributed by atoms with Crippen molar-refractivity contribution in [2.75, 3.05) is 18.0 Å². The fourth-order valence-corrected chi connectivity index (χ4v) is 2.58. The predicted molar refractivity (Wildman–Crippen MR) is 73.5 cm³/mol. The second-order valence-electron chi connectivity index (χ2n) is 5.25. The molecule has 0 unspecified atom stereocenters. The Morgan fingerprint density at radius 2 is 1.76 bits per heavy atom. The molecule has 0 radical (unpaired) electrons. The smallest absolute Gasteiger partial charge is 0.106 e. The van der Waals surface area contributed by atoms with Crippen LogP contribution in [0.5, 0.6) is 0 Å². The Hall–Kier alpha value is -1.31. The van der Waals surface area contributed by atoms with Crippen molar-refractivity contribution < 1.29 is 4.79 Å². The van der Waals surface area contributed by atoms with Crippen LogP contribution in [0, 0.1) is 12.3 Å². The van der Waals surface area contributed by atoms with Crippen molar-refractivity contribution in [2.45, 2.75) is 33.6 Å². The molecule has 0 aromatic heterocycles. The van der Waals surface area contributed by atoms with Gasteiger partial charge in [-0.25, -0.2) is 0 Å². The molecule has 0 aliphatic carbocycles. The van der Waals surface area contributed by atoms with E-state index in [0.717, 1.165) is 0 Å². The number of aryl methyl sites for hydroxylation is 1. The molecule has 0 atom stereocenters. The Morgan fingerprint density at radius 1 is 1.24 bits per heavy atom. The molecule has 17 heavy (non-hydrogen) atoms. The zero-order chi connectivity index (χ0) is 12.9. The van der Waals surface area contributed by atoms with Crippen LogP contribution in [0.25, 0.3) is 0 Å². The van der Waals surface area contributed by atoms with Gasteiger partial charge in [-0.15, -0.1) is 0 Å². The molecule has 2 nitrogen and oxygen atoms in total. The topological polar surface area (TPSA) is 20.3 Å². The highest BCUT2D eigenvalue weighted by atomic mass is 16.1. The lowest BCUT2D eigenvalue weighted by Crippen LogP contribution is -2.54. The van der Waals surface area contributed by atoms with Crippen molar-refractivity contribution in [1.82, 2.24) is 0 Å². The summed E-state index contributed by atoms with van der Waals surface area (Å²) < 4.78 is 0. The van der Waals surface area contributed by atoms with Gasteiger partial charge in [0, 0.05) is 24.2 Å². The molecule has 1 aliphatic rings. The number of benzene rings is 1. The van der Waals surface area contributed by atoms with Crippen LogP contribution in [-0.2, 0) is 4.79 Å². The van der Waals surface area contributed by atoms with E-state index in [0.29, 0.717) is 5.41 Å². The fraction of sp³-hybridized carbons (Fsp3) is 0.533. The first kappa shape index (κ1) is 13.8. The van der Waals surface area contributed by atoms with Gasteiger partial charge >= 0.3 is 0 Å². The number of hydrogen-bond acceptors (Lipinski definition) is 2. The Bertz CT molecular complexity index is 338. The Labute approximate surface area is 105 Å². The summed E-state index contributed by atoms with van der Waals surface area (Å²) in [7, 11) is 0. The van der Waals surface area contributed by atoms with Crippen molar-refractivity contribution in [3.63, 3.8) is 0 Å². The maximum atomic E-state index is 8.00. The number of nitrogens with zero attached hydrogens (tertiary/aromatic N) is 1. The first-order chi connectivity index (χ1) is 8.13. The molecule has 2 rings (SSSR count). The molecule has 94 valence electrons. The molecule has 2 heteroatoms. The lowest BCUT2D eigenvalue weighted by molar-refractivity contribution is -0.0979. The third-order valence-electron chi connectivity index (χ3n) is 3.40. The summed E-state index contributed by atoms with van der Waals surface area (Å²) in [5.74, 6) is 0. The highest BCUT2D eigenvalue weighted by Crippen LogP contribution is 2.37. The van der Waals surface area contributed by atoms with E-state index in [-0.39, 0.29) is 0 Å². The summed E-state index contributed by atoms with van der Waals surface area (Å²) in [6.45, 7) is 11.3. The first-order valence-electron chi connectivity index (χ1n) is 6.23. The largest absolute Gasteiger partial charge is 0.370 e. The van der Waals surface area contributed by atoms with Crippen LogP contribution in [0.15, 0.2) is 24.3 Å². The van der Waals surface area contributed by atoms with Crippen molar-refractivity contribution in [2.24, 2.45) is 5.41 Å². The van der Waals surface area contributed by atoms with Crippen LogP contribution in [0.2, 0.25) is 0 Å². The first-order valence-corrected chi connectivity index (χ1v) is 6.23. The molecule has 1 saturated heterocycles. The van der Waals surface area contributed by atoms with E-state index >= 15 is 0 Å². The standard InChI is InChI=1S/C14H21N.CH2O/c1-4-9-14(3)10-15(11-14)13-7-5-12(2)6-8-13;1-2/h5-8H,4,9-11H2,1-3H3;1H2. The van der Waals surface area contributed by atoms with Gasteiger partial charge < -0.3 is 9.69 Å². The Kier molecular flexibility index (Phi) is 4.73. The minimum Gasteiger partial charge on any atom is -0.370 e. The monoisotopic (exact) mass is 233 g/mol. The second kappa shape index (κ2) is 5.85. The van der Waals surface area contributed by atoms with E-state index in [9.17, 15) is 0 Å². The number of carbonyl (C=O) groups is 1. The van der Waals surface area contributed by atoms with Crippen molar-refractivity contribution in [3.8, 4) is 0 Å². The Balaban J connectivity index is 0.000000686. The minimum atomic E-state index is 0.569.